The van der Waals surface area contributed by atoms with Crippen molar-refractivity contribution in [2.75, 3.05) is 20.2 Å². The molecule has 0 saturated heterocycles. The average molecular weight is 272 g/mol. The van der Waals surface area contributed by atoms with Crippen molar-refractivity contribution < 1.29 is 13.9 Å². The van der Waals surface area contributed by atoms with Crippen LogP contribution in [0.4, 0.5) is 8.78 Å². The van der Waals surface area contributed by atoms with Gasteiger partial charge in [-0.1, -0.05) is 12.1 Å². The number of likely N-dealkylation sites (N-methyl/N-ethyl adjacent to an activating group) is 1. The number of nitrogens with zero attached hydrogens (tertiary/aromatic N) is 1. The molecule has 0 radical (unpaired) electrons. The van der Waals surface area contributed by atoms with E-state index in [2.05, 4.69) is 0 Å². The van der Waals surface area contributed by atoms with Crippen LogP contribution in [0.5, 0.6) is 0 Å². The van der Waals surface area contributed by atoms with Gasteiger partial charge in [0.1, 0.15) is 0 Å². The smallest absolute Gasteiger partial charge is 0.163 e. The molecule has 0 fully saturated rings. The van der Waals surface area contributed by atoms with Gasteiger partial charge in [0.15, 0.2) is 11.6 Å². The molecule has 0 amide bonds. The zero-order valence-electron chi connectivity index (χ0n) is 11.7. The zero-order valence-corrected chi connectivity index (χ0v) is 11.7. The lowest BCUT2D eigenvalue weighted by Gasteiger charge is -2.34. The topological polar surface area (TPSA) is 49.5 Å². The lowest BCUT2D eigenvalue weighted by Crippen LogP contribution is -2.45. The molecule has 0 heterocycles. The van der Waals surface area contributed by atoms with Gasteiger partial charge in [-0.15, -0.1) is 0 Å². The highest BCUT2D eigenvalue weighted by atomic mass is 19.2. The average Bonchev–Trinajstić information content (AvgIpc) is 2.38. The maximum atomic E-state index is 13.6. The van der Waals surface area contributed by atoms with E-state index in [-0.39, 0.29) is 17.7 Å². The van der Waals surface area contributed by atoms with Crippen LogP contribution in [0.2, 0.25) is 0 Å². The Balaban J connectivity index is 2.66. The number of nitrogens with two attached hydrogens (primary N) is 1. The molecule has 0 saturated carbocycles. The van der Waals surface area contributed by atoms with E-state index in [1.807, 2.05) is 25.8 Å². The summed E-state index contributed by atoms with van der Waals surface area (Å²) in [5, 5.41) is 9.24. The van der Waals surface area contributed by atoms with Crippen LogP contribution in [0.3, 0.4) is 0 Å². The number of rotatable bonds is 6. The summed E-state index contributed by atoms with van der Waals surface area (Å²) in [4.78, 5) is 1.95. The minimum Gasteiger partial charge on any atom is -0.394 e. The summed E-state index contributed by atoms with van der Waals surface area (Å²) < 4.78 is 26.7. The largest absolute Gasteiger partial charge is 0.394 e. The van der Waals surface area contributed by atoms with Crippen molar-refractivity contribution in [3.8, 4) is 0 Å². The molecule has 3 N–H and O–H groups in total. The van der Waals surface area contributed by atoms with E-state index >= 15 is 0 Å². The first-order chi connectivity index (χ1) is 8.79. The van der Waals surface area contributed by atoms with Crippen LogP contribution >= 0.6 is 0 Å². The van der Waals surface area contributed by atoms with Gasteiger partial charge in [-0.2, -0.15) is 0 Å². The summed E-state index contributed by atoms with van der Waals surface area (Å²) in [6, 6.07) is 3.47. The van der Waals surface area contributed by atoms with Crippen molar-refractivity contribution in [3.63, 3.8) is 0 Å². The molecule has 108 valence electrons. The lowest BCUT2D eigenvalue weighted by molar-refractivity contribution is 0.0766. The summed E-state index contributed by atoms with van der Waals surface area (Å²) in [7, 11) is 1.87. The Kier molecular flexibility index (Phi) is 5.40. The molecule has 0 bridgehead atoms. The molecule has 0 aliphatic carbocycles. The van der Waals surface area contributed by atoms with Crippen LogP contribution in [-0.2, 0) is 0 Å². The number of aliphatic hydroxyl groups excluding tert-OH is 1. The Morgan fingerprint density at radius 2 is 2.00 bits per heavy atom. The fourth-order valence-electron chi connectivity index (χ4n) is 1.72. The predicted molar refractivity (Wildman–Crippen MR) is 71.7 cm³/mol. The quantitative estimate of drug-likeness (QED) is 0.833. The van der Waals surface area contributed by atoms with Gasteiger partial charge in [0.25, 0.3) is 0 Å². The van der Waals surface area contributed by atoms with E-state index in [4.69, 9.17) is 5.73 Å². The first-order valence-corrected chi connectivity index (χ1v) is 6.31. The van der Waals surface area contributed by atoms with Crippen molar-refractivity contribution in [1.82, 2.24) is 4.90 Å². The SMILES string of the molecule is CN(CCC(N)c1cccc(F)c1F)C(C)(C)CO. The van der Waals surface area contributed by atoms with Gasteiger partial charge in [-0.3, -0.25) is 4.90 Å². The van der Waals surface area contributed by atoms with Crippen LogP contribution in [0.15, 0.2) is 18.2 Å². The Labute approximate surface area is 113 Å². The highest BCUT2D eigenvalue weighted by Gasteiger charge is 2.23. The molecular formula is C14H22F2N2O. The van der Waals surface area contributed by atoms with E-state index in [1.165, 1.54) is 12.1 Å². The van der Waals surface area contributed by atoms with Gasteiger partial charge in [0, 0.05) is 23.7 Å². The van der Waals surface area contributed by atoms with E-state index in [0.29, 0.717) is 13.0 Å². The Morgan fingerprint density at radius 3 is 2.58 bits per heavy atom. The second-order valence-electron chi connectivity index (χ2n) is 5.43. The first-order valence-electron chi connectivity index (χ1n) is 6.31. The van der Waals surface area contributed by atoms with E-state index in [1.54, 1.807) is 0 Å². The molecule has 0 aliphatic heterocycles. The summed E-state index contributed by atoms with van der Waals surface area (Å²) in [5.41, 5.74) is 5.73. The second kappa shape index (κ2) is 6.41. The third kappa shape index (κ3) is 3.96. The van der Waals surface area contributed by atoms with Gasteiger partial charge in [-0.25, -0.2) is 8.78 Å². The molecule has 1 atom stereocenters. The maximum Gasteiger partial charge on any atom is 0.163 e. The normalized spacial score (nSPS) is 13.9. The standard InChI is InChI=1S/C14H22F2N2O/c1-14(2,9-19)18(3)8-7-12(17)10-5-4-6-11(15)13(10)16/h4-6,12,19H,7-9,17H2,1-3H3. The molecular weight excluding hydrogens is 250 g/mol. The molecule has 19 heavy (non-hydrogen) atoms. The predicted octanol–water partition coefficient (Wildman–Crippen LogP) is 2.06. The maximum absolute atomic E-state index is 13.6. The summed E-state index contributed by atoms with van der Waals surface area (Å²) in [6.45, 7) is 4.42. The summed E-state index contributed by atoms with van der Waals surface area (Å²) in [6.07, 6.45) is 0.486. The van der Waals surface area contributed by atoms with Gasteiger partial charge < -0.3 is 10.8 Å². The monoisotopic (exact) mass is 272 g/mol. The van der Waals surface area contributed by atoms with Crippen LogP contribution < -0.4 is 5.73 Å². The van der Waals surface area contributed by atoms with E-state index in [9.17, 15) is 13.9 Å². The minimum atomic E-state index is -0.878. The minimum absolute atomic E-state index is 0.0209. The number of halogens is 2. The van der Waals surface area contributed by atoms with Crippen molar-refractivity contribution in [3.05, 3.63) is 35.4 Å². The third-order valence-corrected chi connectivity index (χ3v) is 3.58. The molecule has 0 spiro atoms. The fraction of sp³-hybridized carbons (Fsp3) is 0.571. The number of hydrogen-bond acceptors (Lipinski definition) is 3. The summed E-state index contributed by atoms with van der Waals surface area (Å²) in [5.74, 6) is -1.75. The highest BCUT2D eigenvalue weighted by molar-refractivity contribution is 5.22. The number of hydrogen-bond donors (Lipinski definition) is 2. The van der Waals surface area contributed by atoms with Crippen molar-refractivity contribution in [1.29, 1.82) is 0 Å². The van der Waals surface area contributed by atoms with Gasteiger partial charge >= 0.3 is 0 Å². The molecule has 1 rings (SSSR count). The van der Waals surface area contributed by atoms with Gasteiger partial charge in [0.05, 0.1) is 6.61 Å². The first kappa shape index (κ1) is 16.0. The molecule has 1 aromatic rings. The number of aliphatic hydroxyl groups is 1. The molecule has 3 nitrogen and oxygen atoms in total. The van der Waals surface area contributed by atoms with Crippen LogP contribution in [0, 0.1) is 11.6 Å². The molecule has 5 heteroatoms. The van der Waals surface area contributed by atoms with Crippen molar-refractivity contribution in [2.24, 2.45) is 5.73 Å². The lowest BCUT2D eigenvalue weighted by atomic mass is 10.0. The van der Waals surface area contributed by atoms with Crippen LogP contribution in [-0.4, -0.2) is 35.7 Å². The third-order valence-electron chi connectivity index (χ3n) is 3.58. The second-order valence-corrected chi connectivity index (χ2v) is 5.43. The Hall–Kier alpha value is -1.04. The Morgan fingerprint density at radius 1 is 1.37 bits per heavy atom. The Bertz CT molecular complexity index is 424. The zero-order chi connectivity index (χ0) is 14.6. The van der Waals surface area contributed by atoms with Gasteiger partial charge in [-0.05, 0) is 33.4 Å². The van der Waals surface area contributed by atoms with Crippen molar-refractivity contribution in [2.45, 2.75) is 31.8 Å². The van der Waals surface area contributed by atoms with Crippen LogP contribution in [0.1, 0.15) is 31.9 Å². The molecule has 0 aromatic heterocycles. The fourth-order valence-corrected chi connectivity index (χ4v) is 1.72. The highest BCUT2D eigenvalue weighted by Crippen LogP contribution is 2.21. The van der Waals surface area contributed by atoms with Gasteiger partial charge in [0.2, 0.25) is 0 Å². The van der Waals surface area contributed by atoms with E-state index < -0.39 is 17.7 Å². The van der Waals surface area contributed by atoms with Crippen LogP contribution in [0.25, 0.3) is 0 Å². The summed E-state index contributed by atoms with van der Waals surface area (Å²) >= 11 is 0. The van der Waals surface area contributed by atoms with Crippen molar-refractivity contribution >= 4 is 0 Å². The van der Waals surface area contributed by atoms with E-state index in [0.717, 1.165) is 6.07 Å². The number of benzene rings is 1. The molecule has 0 aliphatic rings. The molecule has 1 unspecified atom stereocenters. The molecule has 1 aromatic carbocycles.